The first kappa shape index (κ1) is 13.2. The summed E-state index contributed by atoms with van der Waals surface area (Å²) in [6.07, 6.45) is 1.04. The first-order valence-corrected chi connectivity index (χ1v) is 6.08. The van der Waals surface area contributed by atoms with Gasteiger partial charge < -0.3 is 20.5 Å². The Hall–Kier alpha value is -2.24. The maximum atomic E-state index is 10.7. The number of rotatable bonds is 5. The SMILES string of the molecule is COc1cc(C2=NCCCN2)ccc1OCC(N)=O. The standard InChI is InChI=1S/C13H17N3O3/c1-18-11-7-9(13-15-5-2-6-16-13)3-4-10(11)19-8-12(14)17/h3-4,7H,2,5-6,8H2,1H3,(H2,14,17)(H,15,16). The minimum atomic E-state index is -0.524. The number of carbonyl (C=O) groups is 1. The Bertz CT molecular complexity index is 500. The lowest BCUT2D eigenvalue weighted by atomic mass is 10.1. The number of nitrogens with two attached hydrogens (primary N) is 1. The van der Waals surface area contributed by atoms with Gasteiger partial charge in [-0.1, -0.05) is 0 Å². The highest BCUT2D eigenvalue weighted by molar-refractivity contribution is 5.99. The topological polar surface area (TPSA) is 85.9 Å². The number of amidine groups is 1. The van der Waals surface area contributed by atoms with Gasteiger partial charge in [0.2, 0.25) is 0 Å². The minimum absolute atomic E-state index is 0.172. The van der Waals surface area contributed by atoms with Crippen molar-refractivity contribution in [2.75, 3.05) is 26.8 Å². The van der Waals surface area contributed by atoms with E-state index in [0.717, 1.165) is 30.9 Å². The van der Waals surface area contributed by atoms with Gasteiger partial charge in [0, 0.05) is 18.7 Å². The van der Waals surface area contributed by atoms with Gasteiger partial charge in [0.15, 0.2) is 18.1 Å². The monoisotopic (exact) mass is 263 g/mol. The van der Waals surface area contributed by atoms with Crippen molar-refractivity contribution >= 4 is 11.7 Å². The van der Waals surface area contributed by atoms with E-state index in [1.807, 2.05) is 12.1 Å². The molecular weight excluding hydrogens is 246 g/mol. The highest BCUT2D eigenvalue weighted by Gasteiger charge is 2.12. The normalized spacial score (nSPS) is 14.3. The molecule has 1 heterocycles. The van der Waals surface area contributed by atoms with Crippen LogP contribution >= 0.6 is 0 Å². The molecule has 1 amide bonds. The number of amides is 1. The molecule has 0 radical (unpaired) electrons. The Balaban J connectivity index is 2.20. The Morgan fingerprint density at radius 3 is 2.95 bits per heavy atom. The van der Waals surface area contributed by atoms with Gasteiger partial charge in [0.05, 0.1) is 7.11 Å². The van der Waals surface area contributed by atoms with E-state index in [4.69, 9.17) is 15.2 Å². The van der Waals surface area contributed by atoms with Crippen molar-refractivity contribution in [2.45, 2.75) is 6.42 Å². The minimum Gasteiger partial charge on any atom is -0.493 e. The highest BCUT2D eigenvalue weighted by atomic mass is 16.5. The smallest absolute Gasteiger partial charge is 0.255 e. The van der Waals surface area contributed by atoms with Crippen molar-refractivity contribution < 1.29 is 14.3 Å². The van der Waals surface area contributed by atoms with Gasteiger partial charge in [-0.05, 0) is 24.6 Å². The Morgan fingerprint density at radius 2 is 2.32 bits per heavy atom. The highest BCUT2D eigenvalue weighted by Crippen LogP contribution is 2.28. The van der Waals surface area contributed by atoms with Crippen LogP contribution in [0, 0.1) is 0 Å². The zero-order valence-corrected chi connectivity index (χ0v) is 10.8. The maximum absolute atomic E-state index is 10.7. The summed E-state index contributed by atoms with van der Waals surface area (Å²) in [7, 11) is 1.55. The average Bonchev–Trinajstić information content (AvgIpc) is 2.45. The molecule has 0 saturated carbocycles. The number of methoxy groups -OCH3 is 1. The second-order valence-corrected chi connectivity index (χ2v) is 4.13. The van der Waals surface area contributed by atoms with Crippen molar-refractivity contribution in [3.63, 3.8) is 0 Å². The molecule has 0 unspecified atom stereocenters. The molecule has 0 atom stereocenters. The Labute approximate surface area is 111 Å². The largest absolute Gasteiger partial charge is 0.493 e. The predicted molar refractivity (Wildman–Crippen MR) is 71.7 cm³/mol. The molecule has 6 heteroatoms. The van der Waals surface area contributed by atoms with E-state index in [1.165, 1.54) is 0 Å². The zero-order chi connectivity index (χ0) is 13.7. The van der Waals surface area contributed by atoms with Gasteiger partial charge in [0.1, 0.15) is 5.84 Å². The maximum Gasteiger partial charge on any atom is 0.255 e. The molecule has 0 bridgehead atoms. The molecule has 2 rings (SSSR count). The van der Waals surface area contributed by atoms with Crippen molar-refractivity contribution in [3.05, 3.63) is 23.8 Å². The van der Waals surface area contributed by atoms with Crippen LogP contribution in [0.5, 0.6) is 11.5 Å². The van der Waals surface area contributed by atoms with Crippen molar-refractivity contribution in [2.24, 2.45) is 10.7 Å². The van der Waals surface area contributed by atoms with E-state index < -0.39 is 5.91 Å². The lowest BCUT2D eigenvalue weighted by molar-refractivity contribution is -0.119. The van der Waals surface area contributed by atoms with Crippen LogP contribution in [0.25, 0.3) is 0 Å². The van der Waals surface area contributed by atoms with Gasteiger partial charge in [-0.2, -0.15) is 0 Å². The predicted octanol–water partition coefficient (Wildman–Crippen LogP) is 0.299. The summed E-state index contributed by atoms with van der Waals surface area (Å²) in [6.45, 7) is 1.57. The molecule has 19 heavy (non-hydrogen) atoms. The number of benzene rings is 1. The molecule has 0 saturated heterocycles. The second kappa shape index (κ2) is 6.08. The van der Waals surface area contributed by atoms with Crippen LogP contribution in [-0.4, -0.2) is 38.5 Å². The summed E-state index contributed by atoms with van der Waals surface area (Å²) < 4.78 is 10.5. The molecule has 1 aromatic carbocycles. The van der Waals surface area contributed by atoms with Crippen molar-refractivity contribution in [1.29, 1.82) is 0 Å². The number of carbonyl (C=O) groups excluding carboxylic acids is 1. The van der Waals surface area contributed by atoms with Crippen molar-refractivity contribution in [1.82, 2.24) is 5.32 Å². The van der Waals surface area contributed by atoms with E-state index in [-0.39, 0.29) is 6.61 Å². The van der Waals surface area contributed by atoms with Gasteiger partial charge in [-0.15, -0.1) is 0 Å². The number of nitrogens with zero attached hydrogens (tertiary/aromatic N) is 1. The third kappa shape index (κ3) is 3.37. The summed E-state index contributed by atoms with van der Waals surface area (Å²) >= 11 is 0. The molecule has 6 nitrogen and oxygen atoms in total. The number of aliphatic imine (C=N–C) groups is 1. The number of nitrogens with one attached hydrogen (secondary N) is 1. The number of hydrogen-bond acceptors (Lipinski definition) is 5. The summed E-state index contributed by atoms with van der Waals surface area (Å²) in [6, 6.07) is 5.44. The van der Waals surface area contributed by atoms with E-state index >= 15 is 0 Å². The van der Waals surface area contributed by atoms with Crippen molar-refractivity contribution in [3.8, 4) is 11.5 Å². The Kier molecular flexibility index (Phi) is 4.22. The molecule has 102 valence electrons. The third-order valence-corrected chi connectivity index (χ3v) is 2.70. The molecule has 0 fully saturated rings. The quantitative estimate of drug-likeness (QED) is 0.800. The lowest BCUT2D eigenvalue weighted by Gasteiger charge is -2.16. The molecule has 0 aliphatic carbocycles. The molecular formula is C13H17N3O3. The second-order valence-electron chi connectivity index (χ2n) is 4.13. The fraction of sp³-hybridized carbons (Fsp3) is 0.385. The third-order valence-electron chi connectivity index (χ3n) is 2.70. The fourth-order valence-electron chi connectivity index (χ4n) is 1.81. The number of primary amides is 1. The van der Waals surface area contributed by atoms with Crippen LogP contribution in [0.1, 0.15) is 12.0 Å². The fourth-order valence-corrected chi connectivity index (χ4v) is 1.81. The van der Waals surface area contributed by atoms with Crippen LogP contribution in [0.2, 0.25) is 0 Å². The zero-order valence-electron chi connectivity index (χ0n) is 10.8. The number of ether oxygens (including phenoxy) is 2. The number of hydrogen-bond donors (Lipinski definition) is 2. The molecule has 3 N–H and O–H groups in total. The van der Waals surface area contributed by atoms with Gasteiger partial charge in [0.25, 0.3) is 5.91 Å². The summed E-state index contributed by atoms with van der Waals surface area (Å²) in [5.41, 5.74) is 5.98. The summed E-state index contributed by atoms with van der Waals surface area (Å²) in [5.74, 6) is 1.37. The molecule has 0 aromatic heterocycles. The average molecular weight is 263 g/mol. The first-order valence-electron chi connectivity index (χ1n) is 6.08. The molecule has 0 spiro atoms. The molecule has 1 aliphatic rings. The molecule has 1 aliphatic heterocycles. The Morgan fingerprint density at radius 1 is 1.47 bits per heavy atom. The van der Waals surface area contributed by atoms with E-state index in [9.17, 15) is 4.79 Å². The first-order chi connectivity index (χ1) is 9.20. The van der Waals surface area contributed by atoms with Crippen LogP contribution in [0.3, 0.4) is 0 Å². The van der Waals surface area contributed by atoms with E-state index in [0.29, 0.717) is 11.5 Å². The lowest BCUT2D eigenvalue weighted by Crippen LogP contribution is -2.30. The van der Waals surface area contributed by atoms with Gasteiger partial charge >= 0.3 is 0 Å². The van der Waals surface area contributed by atoms with E-state index in [1.54, 1.807) is 13.2 Å². The van der Waals surface area contributed by atoms with Crippen LogP contribution in [0.15, 0.2) is 23.2 Å². The van der Waals surface area contributed by atoms with Crippen LogP contribution in [-0.2, 0) is 4.79 Å². The molecule has 1 aromatic rings. The van der Waals surface area contributed by atoms with E-state index in [2.05, 4.69) is 10.3 Å². The van der Waals surface area contributed by atoms with Gasteiger partial charge in [-0.3, -0.25) is 9.79 Å². The van der Waals surface area contributed by atoms with Gasteiger partial charge in [-0.25, -0.2) is 0 Å². The summed E-state index contributed by atoms with van der Waals surface area (Å²) in [4.78, 5) is 15.1. The van der Waals surface area contributed by atoms with Crippen LogP contribution < -0.4 is 20.5 Å². The van der Waals surface area contributed by atoms with Crippen LogP contribution in [0.4, 0.5) is 0 Å². The summed E-state index contributed by atoms with van der Waals surface area (Å²) in [5, 5.41) is 3.24.